The molecule has 2 amide bonds. The Labute approximate surface area is 237 Å². The predicted octanol–water partition coefficient (Wildman–Crippen LogP) is 6.83. The van der Waals surface area contributed by atoms with Crippen LogP contribution >= 0.6 is 0 Å². The Morgan fingerprint density at radius 2 is 1.60 bits per heavy atom. The molecule has 0 heterocycles. The molecule has 2 aliphatic rings. The average Bonchev–Trinajstić information content (AvgIpc) is 2.95. The summed E-state index contributed by atoms with van der Waals surface area (Å²) < 4.78 is 0. The fourth-order valence-corrected chi connectivity index (χ4v) is 7.00. The van der Waals surface area contributed by atoms with Gasteiger partial charge in [0.05, 0.1) is 5.41 Å². The van der Waals surface area contributed by atoms with Crippen LogP contribution in [0.25, 0.3) is 0 Å². The predicted molar refractivity (Wildman–Crippen MR) is 159 cm³/mol. The number of ketones is 1. The first-order chi connectivity index (χ1) is 19.1. The Morgan fingerprint density at radius 3 is 2.27 bits per heavy atom. The second-order valence-electron chi connectivity index (χ2n) is 12.4. The smallest absolute Gasteiger partial charge is 0.247 e. The highest BCUT2D eigenvalue weighted by Gasteiger charge is 2.57. The van der Waals surface area contributed by atoms with Crippen LogP contribution in [0.4, 0.5) is 5.69 Å². The van der Waals surface area contributed by atoms with Crippen LogP contribution in [0.5, 0.6) is 0 Å². The van der Waals surface area contributed by atoms with Crippen LogP contribution in [0.3, 0.4) is 0 Å². The molecule has 40 heavy (non-hydrogen) atoms. The molecule has 3 aromatic carbocycles. The Hall–Kier alpha value is -3.73. The maximum atomic E-state index is 14.2. The normalized spacial score (nSPS) is 24.5. The number of para-hydroxylation sites is 1. The van der Waals surface area contributed by atoms with E-state index in [-0.39, 0.29) is 28.9 Å². The first kappa shape index (κ1) is 27.8. The zero-order chi connectivity index (χ0) is 28.5. The lowest BCUT2D eigenvalue weighted by atomic mass is 9.49. The highest BCUT2D eigenvalue weighted by Crippen LogP contribution is 2.57. The van der Waals surface area contributed by atoms with Crippen LogP contribution in [-0.4, -0.2) is 23.6 Å². The van der Waals surface area contributed by atoms with Gasteiger partial charge in [0.25, 0.3) is 0 Å². The zero-order valence-corrected chi connectivity index (χ0v) is 24.0. The van der Waals surface area contributed by atoms with Gasteiger partial charge in [-0.3, -0.25) is 14.4 Å². The molecule has 4 atom stereocenters. The fourth-order valence-electron chi connectivity index (χ4n) is 7.00. The van der Waals surface area contributed by atoms with E-state index in [2.05, 4.69) is 49.6 Å². The zero-order valence-electron chi connectivity index (χ0n) is 24.0. The van der Waals surface area contributed by atoms with E-state index in [0.29, 0.717) is 30.9 Å². The molecule has 1 fully saturated rings. The molecule has 0 radical (unpaired) electrons. The van der Waals surface area contributed by atoms with Crippen molar-refractivity contribution in [2.45, 2.75) is 77.2 Å². The number of Topliss-reactive ketones (excluding diaryl/α,β-unsaturated/α-hetero) is 1. The molecule has 0 saturated heterocycles. The Balaban J connectivity index is 1.44. The summed E-state index contributed by atoms with van der Waals surface area (Å²) in [7, 11) is 0. The first-order valence-electron chi connectivity index (χ1n) is 14.5. The molecule has 0 bridgehead atoms. The summed E-state index contributed by atoms with van der Waals surface area (Å²) >= 11 is 0. The average molecular weight is 537 g/mol. The van der Waals surface area contributed by atoms with E-state index in [1.165, 1.54) is 5.56 Å². The molecule has 5 rings (SSSR count). The quantitative estimate of drug-likeness (QED) is 0.348. The third-order valence-electron chi connectivity index (χ3n) is 9.41. The van der Waals surface area contributed by atoms with Gasteiger partial charge in [-0.05, 0) is 65.0 Å². The number of benzene rings is 3. The molecule has 3 aromatic rings. The third-order valence-corrected chi connectivity index (χ3v) is 9.41. The molecule has 2 N–H and O–H groups in total. The van der Waals surface area contributed by atoms with Crippen LogP contribution < -0.4 is 10.6 Å². The van der Waals surface area contributed by atoms with Gasteiger partial charge >= 0.3 is 0 Å². The molecule has 5 heteroatoms. The number of nitrogens with one attached hydrogen (secondary N) is 2. The van der Waals surface area contributed by atoms with Crippen LogP contribution in [0.15, 0.2) is 78.9 Å². The van der Waals surface area contributed by atoms with Gasteiger partial charge in [0.15, 0.2) is 5.78 Å². The molecule has 208 valence electrons. The van der Waals surface area contributed by atoms with E-state index in [9.17, 15) is 14.4 Å². The summed E-state index contributed by atoms with van der Waals surface area (Å²) in [5, 5.41) is 6.12. The number of hydrogen-bond donors (Lipinski definition) is 2. The molecule has 0 spiro atoms. The van der Waals surface area contributed by atoms with Gasteiger partial charge < -0.3 is 10.6 Å². The lowest BCUT2D eigenvalue weighted by molar-refractivity contribution is -0.140. The lowest BCUT2D eigenvalue weighted by Gasteiger charge is -2.54. The SMILES string of the molecule is CC(C)c1ccc2c(c1)C(=O)C[C@H]1[C@](C)(C(=O)N[C@@H](Cc3ccccc3)C(=O)Nc3ccccc3)CCC[C@]21C. The molecular weight excluding hydrogens is 496 g/mol. The van der Waals surface area contributed by atoms with Gasteiger partial charge in [-0.25, -0.2) is 0 Å². The van der Waals surface area contributed by atoms with E-state index < -0.39 is 11.5 Å². The Kier molecular flexibility index (Phi) is 7.67. The van der Waals surface area contributed by atoms with Crippen molar-refractivity contribution in [3.8, 4) is 0 Å². The van der Waals surface area contributed by atoms with Crippen molar-refractivity contribution >= 4 is 23.3 Å². The number of hydrogen-bond acceptors (Lipinski definition) is 3. The summed E-state index contributed by atoms with van der Waals surface area (Å²) in [5.74, 6) is -0.0918. The van der Waals surface area contributed by atoms with Gasteiger partial charge in [0.1, 0.15) is 6.04 Å². The largest absolute Gasteiger partial charge is 0.343 e. The van der Waals surface area contributed by atoms with Gasteiger partial charge in [-0.15, -0.1) is 0 Å². The molecule has 0 unspecified atom stereocenters. The second-order valence-corrected chi connectivity index (χ2v) is 12.4. The van der Waals surface area contributed by atoms with Gasteiger partial charge in [0.2, 0.25) is 11.8 Å². The number of rotatable bonds is 7. The molecule has 1 saturated carbocycles. The summed E-state index contributed by atoms with van der Waals surface area (Å²) in [6.07, 6.45) is 3.22. The second kappa shape index (κ2) is 11.0. The molecule has 2 aliphatic carbocycles. The number of carbonyl (C=O) groups excluding carboxylic acids is 3. The molecular formula is C35H40N2O3. The lowest BCUT2D eigenvalue weighted by Crippen LogP contribution is -2.58. The minimum Gasteiger partial charge on any atom is -0.343 e. The Morgan fingerprint density at radius 1 is 0.925 bits per heavy atom. The molecule has 0 aliphatic heterocycles. The Bertz CT molecular complexity index is 1400. The monoisotopic (exact) mass is 536 g/mol. The third kappa shape index (κ3) is 5.22. The van der Waals surface area contributed by atoms with Crippen molar-refractivity contribution in [2.24, 2.45) is 11.3 Å². The summed E-state index contributed by atoms with van der Waals surface area (Å²) in [6, 6.07) is 24.6. The van der Waals surface area contributed by atoms with E-state index in [0.717, 1.165) is 29.5 Å². The molecule has 0 aromatic heterocycles. The van der Waals surface area contributed by atoms with Gasteiger partial charge in [-0.1, -0.05) is 94.8 Å². The van der Waals surface area contributed by atoms with E-state index in [1.807, 2.05) is 67.6 Å². The number of anilines is 1. The van der Waals surface area contributed by atoms with Crippen LogP contribution in [0.2, 0.25) is 0 Å². The van der Waals surface area contributed by atoms with Crippen molar-refractivity contribution in [3.05, 3.63) is 101 Å². The molecule has 5 nitrogen and oxygen atoms in total. The number of carbonyl (C=O) groups is 3. The summed E-state index contributed by atoms with van der Waals surface area (Å²) in [5.41, 5.74) is 3.64. The minimum atomic E-state index is -0.779. The van der Waals surface area contributed by atoms with E-state index in [4.69, 9.17) is 0 Å². The number of amides is 2. The highest BCUT2D eigenvalue weighted by molar-refractivity contribution is 6.01. The minimum absolute atomic E-state index is 0.114. The van der Waals surface area contributed by atoms with Gasteiger partial charge in [0, 0.05) is 24.1 Å². The van der Waals surface area contributed by atoms with Crippen LogP contribution in [-0.2, 0) is 21.4 Å². The van der Waals surface area contributed by atoms with Crippen molar-refractivity contribution in [1.82, 2.24) is 5.32 Å². The summed E-state index contributed by atoms with van der Waals surface area (Å²) in [4.78, 5) is 41.3. The topological polar surface area (TPSA) is 75.3 Å². The van der Waals surface area contributed by atoms with E-state index in [1.54, 1.807) is 0 Å². The standard InChI is InChI=1S/C35H40N2O3/c1-23(2)25-16-17-28-27(21-25)30(38)22-31-34(28,3)18-11-19-35(31,4)33(40)37-29(20-24-12-7-5-8-13-24)32(39)36-26-14-9-6-10-15-26/h5-10,12-17,21,23,29,31H,11,18-20,22H2,1-4H3,(H,36,39)(H,37,40)/t29-,31+,34+,35+/m0/s1. The van der Waals surface area contributed by atoms with Crippen molar-refractivity contribution in [2.75, 3.05) is 5.32 Å². The maximum absolute atomic E-state index is 14.2. The van der Waals surface area contributed by atoms with Crippen LogP contribution in [0, 0.1) is 11.3 Å². The van der Waals surface area contributed by atoms with Gasteiger partial charge in [-0.2, -0.15) is 0 Å². The summed E-state index contributed by atoms with van der Waals surface area (Å²) in [6.45, 7) is 8.51. The number of fused-ring (bicyclic) bond motifs is 3. The fraction of sp³-hybridized carbons (Fsp3) is 0.400. The van der Waals surface area contributed by atoms with Crippen molar-refractivity contribution < 1.29 is 14.4 Å². The maximum Gasteiger partial charge on any atom is 0.247 e. The van der Waals surface area contributed by atoms with Crippen molar-refractivity contribution in [1.29, 1.82) is 0 Å². The van der Waals surface area contributed by atoms with E-state index >= 15 is 0 Å². The highest BCUT2D eigenvalue weighted by atomic mass is 16.2. The van der Waals surface area contributed by atoms with Crippen LogP contribution in [0.1, 0.15) is 86.3 Å². The van der Waals surface area contributed by atoms with Crippen molar-refractivity contribution in [3.63, 3.8) is 0 Å². The first-order valence-corrected chi connectivity index (χ1v) is 14.5.